The number of hydrogen-bond donors (Lipinski definition) is 1. The number of nitrogens with one attached hydrogen (secondary N) is 1. The fourth-order valence-electron chi connectivity index (χ4n) is 3.80. The molecule has 2 aromatic carbocycles. The predicted octanol–water partition coefficient (Wildman–Crippen LogP) is 5.67. The standard InChI is InChI=1S/C24H17NO5/c1-13-10-14(2)21-16(12-20(26)29-19(21)11-13)23-22(15-6-3-4-7-17(15)30-23)25-24(27)18-8-5-9-28-18/h3-12H,1-2H3,(H,25,27). The van der Waals surface area contributed by atoms with Crippen LogP contribution in [0.5, 0.6) is 0 Å². The van der Waals surface area contributed by atoms with Gasteiger partial charge in [-0.3, -0.25) is 4.79 Å². The first-order valence-electron chi connectivity index (χ1n) is 9.43. The van der Waals surface area contributed by atoms with E-state index < -0.39 is 11.5 Å². The van der Waals surface area contributed by atoms with Crippen molar-refractivity contribution in [2.75, 3.05) is 5.32 Å². The van der Waals surface area contributed by atoms with Crippen LogP contribution in [0.3, 0.4) is 0 Å². The molecule has 148 valence electrons. The van der Waals surface area contributed by atoms with Crippen molar-refractivity contribution in [1.82, 2.24) is 0 Å². The molecule has 6 heteroatoms. The number of fused-ring (bicyclic) bond motifs is 2. The molecule has 0 fully saturated rings. The van der Waals surface area contributed by atoms with E-state index in [-0.39, 0.29) is 5.76 Å². The van der Waals surface area contributed by atoms with Gasteiger partial charge in [-0.25, -0.2) is 4.79 Å². The van der Waals surface area contributed by atoms with Crippen molar-refractivity contribution in [3.8, 4) is 11.3 Å². The summed E-state index contributed by atoms with van der Waals surface area (Å²) in [7, 11) is 0. The lowest BCUT2D eigenvalue weighted by atomic mass is 10.00. The molecular weight excluding hydrogens is 382 g/mol. The van der Waals surface area contributed by atoms with Crippen LogP contribution in [0.1, 0.15) is 21.7 Å². The van der Waals surface area contributed by atoms with E-state index in [4.69, 9.17) is 13.3 Å². The normalized spacial score (nSPS) is 11.3. The molecule has 0 bridgehead atoms. The van der Waals surface area contributed by atoms with Gasteiger partial charge in [-0.05, 0) is 55.3 Å². The quantitative estimate of drug-likeness (QED) is 0.395. The number of benzene rings is 2. The molecule has 5 aromatic rings. The van der Waals surface area contributed by atoms with E-state index in [1.165, 1.54) is 12.3 Å². The Morgan fingerprint density at radius 3 is 2.57 bits per heavy atom. The van der Waals surface area contributed by atoms with Crippen LogP contribution in [0.15, 0.2) is 78.9 Å². The Bertz CT molecular complexity index is 1470. The Morgan fingerprint density at radius 1 is 0.933 bits per heavy atom. The van der Waals surface area contributed by atoms with Crippen LogP contribution >= 0.6 is 0 Å². The number of aryl methyl sites for hydroxylation is 2. The highest BCUT2D eigenvalue weighted by atomic mass is 16.4. The van der Waals surface area contributed by atoms with E-state index in [0.717, 1.165) is 21.9 Å². The molecule has 0 atom stereocenters. The summed E-state index contributed by atoms with van der Waals surface area (Å²) >= 11 is 0. The summed E-state index contributed by atoms with van der Waals surface area (Å²) in [6.07, 6.45) is 1.44. The van der Waals surface area contributed by atoms with Gasteiger partial charge in [0.2, 0.25) is 0 Å². The van der Waals surface area contributed by atoms with Gasteiger partial charge < -0.3 is 18.6 Å². The number of carbonyl (C=O) groups is 1. The van der Waals surface area contributed by atoms with Crippen molar-refractivity contribution in [3.63, 3.8) is 0 Å². The second-order valence-corrected chi connectivity index (χ2v) is 7.17. The maximum atomic E-state index is 12.7. The van der Waals surface area contributed by atoms with Crippen molar-refractivity contribution >= 4 is 33.5 Å². The van der Waals surface area contributed by atoms with Crippen molar-refractivity contribution < 1.29 is 18.0 Å². The summed E-state index contributed by atoms with van der Waals surface area (Å²) in [6, 6.07) is 15.8. The van der Waals surface area contributed by atoms with Gasteiger partial charge in [0.05, 0.1) is 12.0 Å². The van der Waals surface area contributed by atoms with Crippen molar-refractivity contribution in [2.45, 2.75) is 13.8 Å². The predicted molar refractivity (Wildman–Crippen MR) is 114 cm³/mol. The molecule has 3 heterocycles. The Hall–Kier alpha value is -4.06. The van der Waals surface area contributed by atoms with Gasteiger partial charge in [0.15, 0.2) is 11.5 Å². The van der Waals surface area contributed by atoms with E-state index in [2.05, 4.69) is 5.32 Å². The maximum Gasteiger partial charge on any atom is 0.336 e. The van der Waals surface area contributed by atoms with Gasteiger partial charge >= 0.3 is 5.63 Å². The number of carbonyl (C=O) groups excluding carboxylic acids is 1. The van der Waals surface area contributed by atoms with Gasteiger partial charge in [-0.1, -0.05) is 18.2 Å². The molecule has 30 heavy (non-hydrogen) atoms. The van der Waals surface area contributed by atoms with Crippen LogP contribution in [0, 0.1) is 13.8 Å². The fourth-order valence-corrected chi connectivity index (χ4v) is 3.80. The average molecular weight is 399 g/mol. The van der Waals surface area contributed by atoms with E-state index in [1.54, 1.807) is 12.1 Å². The maximum absolute atomic E-state index is 12.7. The molecule has 0 unspecified atom stereocenters. The van der Waals surface area contributed by atoms with E-state index in [9.17, 15) is 9.59 Å². The molecule has 6 nitrogen and oxygen atoms in total. The zero-order chi connectivity index (χ0) is 20.8. The SMILES string of the molecule is Cc1cc(C)c2c(-c3oc4ccccc4c3NC(=O)c3ccco3)cc(=O)oc2c1. The van der Waals surface area contributed by atoms with Crippen LogP contribution < -0.4 is 10.9 Å². The molecule has 0 spiro atoms. The summed E-state index contributed by atoms with van der Waals surface area (Å²) in [4.78, 5) is 25.0. The topological polar surface area (TPSA) is 85.6 Å². The highest BCUT2D eigenvalue weighted by Crippen LogP contribution is 2.41. The summed E-state index contributed by atoms with van der Waals surface area (Å²) < 4.78 is 16.8. The molecule has 0 saturated carbocycles. The summed E-state index contributed by atoms with van der Waals surface area (Å²) in [5, 5.41) is 4.37. The second kappa shape index (κ2) is 6.77. The van der Waals surface area contributed by atoms with E-state index in [1.807, 2.05) is 50.2 Å². The Kier molecular flexibility index (Phi) is 4.06. The zero-order valence-electron chi connectivity index (χ0n) is 16.3. The third-order valence-corrected chi connectivity index (χ3v) is 5.01. The van der Waals surface area contributed by atoms with E-state index in [0.29, 0.717) is 28.2 Å². The molecule has 5 rings (SSSR count). The monoisotopic (exact) mass is 399 g/mol. The van der Waals surface area contributed by atoms with Crippen molar-refractivity contribution in [1.29, 1.82) is 0 Å². The first-order valence-corrected chi connectivity index (χ1v) is 9.43. The first-order chi connectivity index (χ1) is 14.5. The fraction of sp³-hybridized carbons (Fsp3) is 0.0833. The van der Waals surface area contributed by atoms with Crippen molar-refractivity contribution in [2.24, 2.45) is 0 Å². The minimum atomic E-state index is -0.494. The molecule has 0 aliphatic rings. The highest BCUT2D eigenvalue weighted by molar-refractivity contribution is 6.12. The molecule has 1 amide bonds. The summed E-state index contributed by atoms with van der Waals surface area (Å²) in [5.74, 6) is 0.157. The van der Waals surface area contributed by atoms with Crippen LogP contribution in [0.4, 0.5) is 5.69 Å². The second-order valence-electron chi connectivity index (χ2n) is 7.17. The Labute approximate surface area is 170 Å². The third-order valence-electron chi connectivity index (χ3n) is 5.01. The lowest BCUT2D eigenvalue weighted by Gasteiger charge is -2.10. The van der Waals surface area contributed by atoms with Gasteiger partial charge in [-0.15, -0.1) is 0 Å². The summed E-state index contributed by atoms with van der Waals surface area (Å²) in [6.45, 7) is 3.89. The van der Waals surface area contributed by atoms with Crippen LogP contribution in [0.2, 0.25) is 0 Å². The molecule has 0 aliphatic carbocycles. The van der Waals surface area contributed by atoms with Crippen LogP contribution in [-0.4, -0.2) is 5.91 Å². The Balaban J connectivity index is 1.80. The zero-order valence-corrected chi connectivity index (χ0v) is 16.3. The average Bonchev–Trinajstić information content (AvgIpc) is 3.35. The lowest BCUT2D eigenvalue weighted by molar-refractivity contribution is 0.0996. The van der Waals surface area contributed by atoms with Gasteiger partial charge in [0.1, 0.15) is 11.2 Å². The molecule has 0 radical (unpaired) electrons. The first kappa shape index (κ1) is 18.0. The smallest absolute Gasteiger partial charge is 0.336 e. The minimum absolute atomic E-state index is 0.176. The lowest BCUT2D eigenvalue weighted by Crippen LogP contribution is -2.11. The van der Waals surface area contributed by atoms with Crippen molar-refractivity contribution in [3.05, 3.63) is 88.2 Å². The van der Waals surface area contributed by atoms with Crippen LogP contribution in [-0.2, 0) is 0 Å². The number of amides is 1. The Morgan fingerprint density at radius 2 is 1.77 bits per heavy atom. The third kappa shape index (κ3) is 2.90. The largest absolute Gasteiger partial charge is 0.459 e. The van der Waals surface area contributed by atoms with Crippen LogP contribution in [0.25, 0.3) is 33.3 Å². The summed E-state index contributed by atoms with van der Waals surface area (Å²) in [5.41, 5.74) is 3.52. The number of para-hydroxylation sites is 1. The highest BCUT2D eigenvalue weighted by Gasteiger charge is 2.23. The number of furan rings is 2. The van der Waals surface area contributed by atoms with Gasteiger partial charge in [0.25, 0.3) is 5.91 Å². The van der Waals surface area contributed by atoms with Gasteiger partial charge in [-0.2, -0.15) is 0 Å². The number of rotatable bonds is 3. The molecule has 1 N–H and O–H groups in total. The molecule has 0 aliphatic heterocycles. The number of hydrogen-bond acceptors (Lipinski definition) is 5. The van der Waals surface area contributed by atoms with Gasteiger partial charge in [0, 0.05) is 22.4 Å². The number of anilines is 1. The van der Waals surface area contributed by atoms with E-state index >= 15 is 0 Å². The molecule has 3 aromatic heterocycles. The molecule has 0 saturated heterocycles. The molecular formula is C24H17NO5. The minimum Gasteiger partial charge on any atom is -0.459 e.